The molecule has 1 aliphatic rings. The fourth-order valence-corrected chi connectivity index (χ4v) is 4.66. The van der Waals surface area contributed by atoms with E-state index >= 15 is 0 Å². The number of nitrogens with zero attached hydrogens (tertiary/aromatic N) is 1. The molecule has 1 aromatic heterocycles. The largest absolute Gasteiger partial charge is 0.472 e. The van der Waals surface area contributed by atoms with Crippen LogP contribution in [0, 0.1) is 17.6 Å². The van der Waals surface area contributed by atoms with Crippen LogP contribution in [-0.2, 0) is 4.43 Å². The van der Waals surface area contributed by atoms with Crippen molar-refractivity contribution in [1.82, 2.24) is 10.3 Å². The van der Waals surface area contributed by atoms with E-state index in [1.165, 1.54) is 12.1 Å². The molecule has 3 atom stereocenters. The van der Waals surface area contributed by atoms with Gasteiger partial charge in [-0.25, -0.2) is 13.8 Å². The predicted octanol–water partition coefficient (Wildman–Crippen LogP) is 5.79. The van der Waals surface area contributed by atoms with Crippen LogP contribution in [0.1, 0.15) is 32.3 Å². The van der Waals surface area contributed by atoms with Crippen molar-refractivity contribution in [3.63, 3.8) is 0 Å². The van der Waals surface area contributed by atoms with Gasteiger partial charge in [-0.15, -0.1) is 0 Å². The van der Waals surface area contributed by atoms with E-state index in [0.29, 0.717) is 30.6 Å². The van der Waals surface area contributed by atoms with Gasteiger partial charge in [-0.2, -0.15) is 0 Å². The molecule has 1 aliphatic heterocycles. The summed E-state index contributed by atoms with van der Waals surface area (Å²) in [5.41, 5.74) is 0.749. The van der Waals surface area contributed by atoms with Gasteiger partial charge in [0.2, 0.25) is 5.88 Å². The lowest BCUT2D eigenvalue weighted by Crippen LogP contribution is -2.45. The van der Waals surface area contributed by atoms with Gasteiger partial charge in [0.1, 0.15) is 6.10 Å². The molecule has 2 aromatic rings. The van der Waals surface area contributed by atoms with Crippen molar-refractivity contribution >= 4 is 19.9 Å². The number of aromatic nitrogens is 1. The maximum atomic E-state index is 13.9. The first kappa shape index (κ1) is 24.1. The topological polar surface area (TPSA) is 43.4 Å². The van der Waals surface area contributed by atoms with Crippen LogP contribution in [0.15, 0.2) is 36.5 Å². The highest BCUT2D eigenvalue weighted by molar-refractivity contribution is 6.74. The highest BCUT2D eigenvalue weighted by atomic mass is 35.5. The lowest BCUT2D eigenvalue weighted by atomic mass is 9.85. The summed E-state index contributed by atoms with van der Waals surface area (Å²) in [4.78, 5) is 4.28. The van der Waals surface area contributed by atoms with Gasteiger partial charge >= 0.3 is 0 Å². The first-order chi connectivity index (χ1) is 14.5. The Morgan fingerprint density at radius 3 is 2.52 bits per heavy atom. The van der Waals surface area contributed by atoms with Gasteiger partial charge in [-0.1, -0.05) is 38.4 Å². The van der Waals surface area contributed by atoms with Gasteiger partial charge in [0.15, 0.2) is 20.0 Å². The van der Waals surface area contributed by atoms with Crippen molar-refractivity contribution in [2.75, 3.05) is 19.7 Å². The molecule has 0 unspecified atom stereocenters. The Kier molecular flexibility index (Phi) is 7.41. The number of hydrogen-bond donors (Lipinski definition) is 1. The van der Waals surface area contributed by atoms with Crippen molar-refractivity contribution in [3.05, 3.63) is 58.7 Å². The third kappa shape index (κ3) is 5.83. The summed E-state index contributed by atoms with van der Waals surface area (Å²) in [6.45, 7) is 12.7. The van der Waals surface area contributed by atoms with E-state index in [4.69, 9.17) is 20.8 Å². The van der Waals surface area contributed by atoms with E-state index < -0.39 is 20.0 Å². The number of hydrogen-bond acceptors (Lipinski definition) is 4. The van der Waals surface area contributed by atoms with Crippen LogP contribution in [0.25, 0.3) is 0 Å². The van der Waals surface area contributed by atoms with Crippen LogP contribution in [0.5, 0.6) is 5.88 Å². The normalized spacial score (nSPS) is 20.6. The molecule has 31 heavy (non-hydrogen) atoms. The molecule has 1 N–H and O–H groups in total. The van der Waals surface area contributed by atoms with Gasteiger partial charge < -0.3 is 14.5 Å². The Hall–Kier alpha value is -1.54. The molecule has 2 heterocycles. The molecule has 0 aliphatic carbocycles. The zero-order valence-electron chi connectivity index (χ0n) is 18.7. The molecule has 3 rings (SSSR count). The van der Waals surface area contributed by atoms with Gasteiger partial charge in [0, 0.05) is 37.2 Å². The SMILES string of the molecule is CC(C)(C)[Si](C)(C)OC[C@H](Oc1ccc(Cl)cn1)[C@H]1CNC[C@@H]1c1ccc(F)c(F)c1. The molecule has 170 valence electrons. The molecule has 8 heteroatoms. The van der Waals surface area contributed by atoms with Crippen molar-refractivity contribution in [2.45, 2.75) is 50.9 Å². The highest BCUT2D eigenvalue weighted by Crippen LogP contribution is 2.38. The first-order valence-corrected chi connectivity index (χ1v) is 13.8. The second-order valence-electron chi connectivity index (χ2n) is 9.64. The summed E-state index contributed by atoms with van der Waals surface area (Å²) in [5.74, 6) is -1.24. The molecule has 1 fully saturated rings. The van der Waals surface area contributed by atoms with Gasteiger partial charge in [0.05, 0.1) is 11.6 Å². The highest BCUT2D eigenvalue weighted by Gasteiger charge is 2.41. The first-order valence-electron chi connectivity index (χ1n) is 10.6. The van der Waals surface area contributed by atoms with Crippen LogP contribution >= 0.6 is 11.6 Å². The minimum atomic E-state index is -2.01. The quantitative estimate of drug-likeness (QED) is 0.522. The van der Waals surface area contributed by atoms with E-state index in [-0.39, 0.29) is 23.0 Å². The zero-order chi connectivity index (χ0) is 22.8. The van der Waals surface area contributed by atoms with Gasteiger partial charge in [0.25, 0.3) is 0 Å². The smallest absolute Gasteiger partial charge is 0.213 e. The molecule has 4 nitrogen and oxygen atoms in total. The van der Waals surface area contributed by atoms with Crippen molar-refractivity contribution < 1.29 is 17.9 Å². The maximum Gasteiger partial charge on any atom is 0.213 e. The van der Waals surface area contributed by atoms with E-state index in [1.54, 1.807) is 24.4 Å². The summed E-state index contributed by atoms with van der Waals surface area (Å²) in [7, 11) is -2.01. The Labute approximate surface area is 189 Å². The second-order valence-corrected chi connectivity index (χ2v) is 14.9. The molecule has 0 bridgehead atoms. The second kappa shape index (κ2) is 9.53. The summed E-state index contributed by atoms with van der Waals surface area (Å²) in [6, 6.07) is 7.58. The molecular weight excluding hydrogens is 438 g/mol. The van der Waals surface area contributed by atoms with Gasteiger partial charge in [-0.3, -0.25) is 0 Å². The van der Waals surface area contributed by atoms with Crippen molar-refractivity contribution in [2.24, 2.45) is 5.92 Å². The van der Waals surface area contributed by atoms with Gasteiger partial charge in [-0.05, 0) is 41.9 Å². The van der Waals surface area contributed by atoms with Crippen molar-refractivity contribution in [3.8, 4) is 5.88 Å². The maximum absolute atomic E-state index is 13.9. The molecule has 0 spiro atoms. The predicted molar refractivity (Wildman–Crippen MR) is 122 cm³/mol. The minimum Gasteiger partial charge on any atom is -0.472 e. The van der Waals surface area contributed by atoms with Crippen molar-refractivity contribution in [1.29, 1.82) is 0 Å². The lowest BCUT2D eigenvalue weighted by Gasteiger charge is -2.38. The van der Waals surface area contributed by atoms with E-state index in [9.17, 15) is 8.78 Å². The minimum absolute atomic E-state index is 0.00658. The molecule has 1 saturated heterocycles. The number of ether oxygens (including phenoxy) is 1. The standard InChI is InChI=1S/C23H31ClF2N2O2Si/c1-23(2,3)31(4,5)29-14-21(30-22-9-7-16(24)11-28-22)18-13-27-12-17(18)15-6-8-19(25)20(26)10-15/h6-11,17-18,21,27H,12-14H2,1-5H3/t17-,18+,21+/m1/s1. The number of nitrogens with one attached hydrogen (secondary N) is 1. The molecule has 0 amide bonds. The van der Waals surface area contributed by atoms with E-state index in [0.717, 1.165) is 5.56 Å². The summed E-state index contributed by atoms with van der Waals surface area (Å²) >= 11 is 5.96. The van der Waals surface area contributed by atoms with Crippen LogP contribution in [0.2, 0.25) is 23.2 Å². The Morgan fingerprint density at radius 1 is 1.16 bits per heavy atom. The van der Waals surface area contributed by atoms with Crippen LogP contribution < -0.4 is 10.1 Å². The average Bonchev–Trinajstić information content (AvgIpc) is 3.17. The average molecular weight is 469 g/mol. The lowest BCUT2D eigenvalue weighted by molar-refractivity contribution is 0.0688. The van der Waals surface area contributed by atoms with E-state index in [2.05, 4.69) is 44.2 Å². The Morgan fingerprint density at radius 2 is 1.90 bits per heavy atom. The van der Waals surface area contributed by atoms with Crippen LogP contribution in [0.3, 0.4) is 0 Å². The number of benzene rings is 1. The summed E-state index contributed by atoms with van der Waals surface area (Å²) in [5, 5.41) is 3.97. The third-order valence-electron chi connectivity index (χ3n) is 6.50. The third-order valence-corrected chi connectivity index (χ3v) is 11.2. The Balaban J connectivity index is 1.86. The van der Waals surface area contributed by atoms with Crippen LogP contribution in [0.4, 0.5) is 8.78 Å². The molecular formula is C23H31ClF2N2O2Si. The van der Waals surface area contributed by atoms with Crippen LogP contribution in [-0.4, -0.2) is 39.1 Å². The summed E-state index contributed by atoms with van der Waals surface area (Å²) in [6.07, 6.45) is 1.23. The number of pyridine rings is 1. The zero-order valence-corrected chi connectivity index (χ0v) is 20.5. The molecule has 0 saturated carbocycles. The number of rotatable bonds is 7. The fraction of sp³-hybridized carbons (Fsp3) is 0.522. The molecule has 1 aromatic carbocycles. The summed E-state index contributed by atoms with van der Waals surface area (Å²) < 4.78 is 40.2. The fourth-order valence-electron chi connectivity index (χ4n) is 3.54. The Bertz CT molecular complexity index is 890. The number of halogens is 3. The van der Waals surface area contributed by atoms with E-state index in [1.807, 2.05) is 0 Å². The molecule has 0 radical (unpaired) electrons. The monoisotopic (exact) mass is 468 g/mol.